The van der Waals surface area contributed by atoms with E-state index in [1.54, 1.807) is 0 Å². The standard InChI is InChI=1S/C23H30N8S/c1-5-6-8-11-17(2)32-23-27-21(24-14-15-31(3)4)26-22(28-23)25-20-16-19(29-30-20)18-12-9-7-10-13-18/h5,7,9-13,16H,1,6,8,14-15H2,2-4H3,(H3,24,25,26,27,28,29,30). The van der Waals surface area contributed by atoms with Gasteiger partial charge in [-0.25, -0.2) is 0 Å². The number of aromatic amines is 1. The van der Waals surface area contributed by atoms with Crippen LogP contribution in [0.3, 0.4) is 0 Å². The molecule has 2 heterocycles. The summed E-state index contributed by atoms with van der Waals surface area (Å²) < 4.78 is 0. The average Bonchev–Trinajstić information content (AvgIpc) is 3.22. The lowest BCUT2D eigenvalue weighted by Gasteiger charge is -2.12. The van der Waals surface area contributed by atoms with Crippen LogP contribution in [0, 0.1) is 0 Å². The third-order valence-corrected chi connectivity index (χ3v) is 5.27. The number of allylic oxidation sites excluding steroid dienone is 3. The van der Waals surface area contributed by atoms with Crippen molar-refractivity contribution in [2.24, 2.45) is 0 Å². The van der Waals surface area contributed by atoms with Crippen LogP contribution in [-0.4, -0.2) is 57.2 Å². The van der Waals surface area contributed by atoms with Crippen LogP contribution in [0.2, 0.25) is 0 Å². The highest BCUT2D eigenvalue weighted by Gasteiger charge is 2.11. The Morgan fingerprint density at radius 1 is 1.12 bits per heavy atom. The molecule has 0 spiro atoms. The van der Waals surface area contributed by atoms with Gasteiger partial charge >= 0.3 is 0 Å². The van der Waals surface area contributed by atoms with Crippen LogP contribution in [0.15, 0.2) is 65.2 Å². The maximum Gasteiger partial charge on any atom is 0.234 e. The van der Waals surface area contributed by atoms with Gasteiger partial charge in [0.05, 0.1) is 5.69 Å². The highest BCUT2D eigenvalue weighted by molar-refractivity contribution is 8.02. The van der Waals surface area contributed by atoms with Gasteiger partial charge < -0.3 is 15.5 Å². The molecule has 1 aromatic carbocycles. The lowest BCUT2D eigenvalue weighted by atomic mass is 10.2. The van der Waals surface area contributed by atoms with E-state index in [0.29, 0.717) is 22.9 Å². The molecule has 0 atom stereocenters. The topological polar surface area (TPSA) is 94.7 Å². The van der Waals surface area contributed by atoms with Crippen LogP contribution >= 0.6 is 11.8 Å². The number of rotatable bonds is 12. The number of nitrogens with zero attached hydrogens (tertiary/aromatic N) is 5. The Bertz CT molecular complexity index is 1030. The van der Waals surface area contributed by atoms with E-state index in [4.69, 9.17) is 0 Å². The lowest BCUT2D eigenvalue weighted by molar-refractivity contribution is 0.425. The molecule has 0 fully saturated rings. The summed E-state index contributed by atoms with van der Waals surface area (Å²) in [6.07, 6.45) is 5.98. The molecule has 3 aromatic rings. The number of likely N-dealkylation sites (N-methyl/N-ethyl adjacent to an activating group) is 1. The molecule has 3 rings (SSSR count). The van der Waals surface area contributed by atoms with Gasteiger partial charge in [0, 0.05) is 19.2 Å². The third kappa shape index (κ3) is 7.51. The number of hydrogen-bond donors (Lipinski definition) is 3. The van der Waals surface area contributed by atoms with Gasteiger partial charge in [-0.2, -0.15) is 20.1 Å². The van der Waals surface area contributed by atoms with Crippen molar-refractivity contribution in [1.29, 1.82) is 0 Å². The van der Waals surface area contributed by atoms with Crippen molar-refractivity contribution in [3.8, 4) is 11.3 Å². The molecule has 32 heavy (non-hydrogen) atoms. The van der Waals surface area contributed by atoms with Crippen molar-refractivity contribution in [2.75, 3.05) is 37.8 Å². The average molecular weight is 451 g/mol. The summed E-state index contributed by atoms with van der Waals surface area (Å²) in [4.78, 5) is 16.9. The van der Waals surface area contributed by atoms with Crippen LogP contribution < -0.4 is 10.6 Å². The van der Waals surface area contributed by atoms with Gasteiger partial charge in [-0.05, 0) is 44.3 Å². The minimum Gasteiger partial charge on any atom is -0.353 e. The van der Waals surface area contributed by atoms with Gasteiger partial charge in [0.2, 0.25) is 11.9 Å². The van der Waals surface area contributed by atoms with E-state index in [-0.39, 0.29) is 0 Å². The van der Waals surface area contributed by atoms with Gasteiger partial charge in [0.15, 0.2) is 11.0 Å². The predicted molar refractivity (Wildman–Crippen MR) is 133 cm³/mol. The first-order valence-electron chi connectivity index (χ1n) is 10.5. The number of hydrogen-bond acceptors (Lipinski definition) is 8. The maximum atomic E-state index is 4.59. The summed E-state index contributed by atoms with van der Waals surface area (Å²) >= 11 is 1.52. The fourth-order valence-electron chi connectivity index (χ4n) is 2.78. The Kier molecular flexibility index (Phi) is 8.82. The summed E-state index contributed by atoms with van der Waals surface area (Å²) in [5.41, 5.74) is 1.98. The van der Waals surface area contributed by atoms with Crippen LogP contribution in [0.5, 0.6) is 0 Å². The zero-order valence-electron chi connectivity index (χ0n) is 18.8. The number of benzene rings is 1. The van der Waals surface area contributed by atoms with E-state index in [1.165, 1.54) is 11.8 Å². The smallest absolute Gasteiger partial charge is 0.234 e. The minimum atomic E-state index is 0.444. The molecular formula is C23H30N8S. The zero-order chi connectivity index (χ0) is 22.8. The number of aromatic nitrogens is 5. The van der Waals surface area contributed by atoms with Gasteiger partial charge in [-0.1, -0.05) is 54.2 Å². The maximum absolute atomic E-state index is 4.59. The molecule has 9 heteroatoms. The summed E-state index contributed by atoms with van der Waals surface area (Å²) in [6, 6.07) is 12.0. The van der Waals surface area contributed by atoms with Gasteiger partial charge in [0.25, 0.3) is 0 Å². The first-order chi connectivity index (χ1) is 15.5. The number of unbranched alkanes of at least 4 members (excludes halogenated alkanes) is 1. The summed E-state index contributed by atoms with van der Waals surface area (Å²) in [7, 11) is 4.06. The Labute approximate surface area is 193 Å². The normalized spacial score (nSPS) is 11.6. The van der Waals surface area contributed by atoms with Crippen LogP contribution in [0.4, 0.5) is 17.7 Å². The summed E-state index contributed by atoms with van der Waals surface area (Å²) in [6.45, 7) is 7.43. The SMILES string of the molecule is C=CCCC=C(C)Sc1nc(NCCN(C)C)nc(Nc2cc(-c3ccccc3)[nH]n2)n1. The van der Waals surface area contributed by atoms with Crippen molar-refractivity contribution in [2.45, 2.75) is 24.9 Å². The van der Waals surface area contributed by atoms with Gasteiger partial charge in [-0.15, -0.1) is 6.58 Å². The van der Waals surface area contributed by atoms with E-state index >= 15 is 0 Å². The molecule has 0 aliphatic carbocycles. The summed E-state index contributed by atoms with van der Waals surface area (Å²) in [5, 5.41) is 14.5. The zero-order valence-corrected chi connectivity index (χ0v) is 19.6. The number of thioether (sulfide) groups is 1. The van der Waals surface area contributed by atoms with E-state index in [9.17, 15) is 0 Å². The van der Waals surface area contributed by atoms with Crippen molar-refractivity contribution in [3.63, 3.8) is 0 Å². The Morgan fingerprint density at radius 2 is 1.91 bits per heavy atom. The second kappa shape index (κ2) is 12.0. The third-order valence-electron chi connectivity index (χ3n) is 4.41. The molecule has 2 aromatic heterocycles. The Hall–Kier alpha value is -3.17. The number of nitrogens with one attached hydrogen (secondary N) is 3. The van der Waals surface area contributed by atoms with Crippen molar-refractivity contribution in [3.05, 3.63) is 60.0 Å². The number of anilines is 3. The monoisotopic (exact) mass is 450 g/mol. The van der Waals surface area contributed by atoms with Crippen molar-refractivity contribution < 1.29 is 0 Å². The molecule has 0 aliphatic heterocycles. The highest BCUT2D eigenvalue weighted by atomic mass is 32.2. The van der Waals surface area contributed by atoms with E-state index in [2.05, 4.69) is 60.3 Å². The second-order valence-electron chi connectivity index (χ2n) is 7.44. The van der Waals surface area contributed by atoms with E-state index in [0.717, 1.165) is 42.1 Å². The molecule has 0 saturated heterocycles. The second-order valence-corrected chi connectivity index (χ2v) is 8.65. The first-order valence-corrected chi connectivity index (χ1v) is 11.3. The van der Waals surface area contributed by atoms with Gasteiger partial charge in [0.1, 0.15) is 0 Å². The molecule has 8 nitrogen and oxygen atoms in total. The van der Waals surface area contributed by atoms with Crippen LogP contribution in [0.1, 0.15) is 19.8 Å². The largest absolute Gasteiger partial charge is 0.353 e. The quantitative estimate of drug-likeness (QED) is 0.203. The van der Waals surface area contributed by atoms with Crippen molar-refractivity contribution in [1.82, 2.24) is 30.0 Å². The Balaban J connectivity index is 1.77. The Morgan fingerprint density at radius 3 is 2.66 bits per heavy atom. The van der Waals surface area contributed by atoms with E-state index < -0.39 is 0 Å². The lowest BCUT2D eigenvalue weighted by Crippen LogP contribution is -2.21. The molecule has 0 bridgehead atoms. The summed E-state index contributed by atoms with van der Waals surface area (Å²) in [5.74, 6) is 1.62. The number of H-pyrrole nitrogens is 1. The predicted octanol–water partition coefficient (Wildman–Crippen LogP) is 4.94. The van der Waals surface area contributed by atoms with E-state index in [1.807, 2.05) is 56.6 Å². The molecule has 0 saturated carbocycles. The minimum absolute atomic E-state index is 0.444. The molecule has 0 aliphatic rings. The first kappa shape index (κ1) is 23.5. The molecule has 0 radical (unpaired) electrons. The van der Waals surface area contributed by atoms with Crippen LogP contribution in [-0.2, 0) is 0 Å². The van der Waals surface area contributed by atoms with Crippen molar-refractivity contribution >= 4 is 29.5 Å². The highest BCUT2D eigenvalue weighted by Crippen LogP contribution is 2.26. The fraction of sp³-hybridized carbons (Fsp3) is 0.304. The molecule has 0 amide bonds. The molecule has 3 N–H and O–H groups in total. The molecule has 0 unspecified atom stereocenters. The van der Waals surface area contributed by atoms with Crippen LogP contribution in [0.25, 0.3) is 11.3 Å². The molecule has 168 valence electrons. The fourth-order valence-corrected chi connectivity index (χ4v) is 3.54. The van der Waals surface area contributed by atoms with Gasteiger partial charge in [-0.3, -0.25) is 5.10 Å². The molecular weight excluding hydrogens is 420 g/mol.